The lowest BCUT2D eigenvalue weighted by molar-refractivity contribution is -0.177. The Balaban J connectivity index is 4.28. The van der Waals surface area contributed by atoms with Gasteiger partial charge in [0, 0.05) is 6.42 Å². The van der Waals surface area contributed by atoms with E-state index in [-0.39, 0.29) is 12.3 Å². The fraction of sp³-hybridized carbons (Fsp3) is 0.543. The number of amides is 1. The van der Waals surface area contributed by atoms with E-state index in [9.17, 15) is 19.2 Å². The van der Waals surface area contributed by atoms with E-state index in [0.29, 0.717) is 6.42 Å². The third-order valence-corrected chi connectivity index (χ3v) is 5.75. The van der Waals surface area contributed by atoms with Gasteiger partial charge in [0.05, 0.1) is 7.11 Å². The molecule has 0 aromatic heterocycles. The van der Waals surface area contributed by atoms with Crippen molar-refractivity contribution < 1.29 is 33.4 Å². The quantitative estimate of drug-likeness (QED) is 0.0693. The Bertz CT molecular complexity index is 1010. The van der Waals surface area contributed by atoms with Crippen molar-refractivity contribution in [2.75, 3.05) is 7.11 Å². The molecule has 0 aliphatic heterocycles. The van der Waals surface area contributed by atoms with Gasteiger partial charge in [-0.05, 0) is 79.6 Å². The summed E-state index contributed by atoms with van der Waals surface area (Å²) in [6, 6.07) is -0.961. The molecule has 0 spiro atoms. The number of carbonyl (C=O) groups excluding carboxylic acids is 4. The van der Waals surface area contributed by atoms with Gasteiger partial charge in [-0.25, -0.2) is 4.79 Å². The summed E-state index contributed by atoms with van der Waals surface area (Å²) < 4.78 is 15.2. The first-order chi connectivity index (χ1) is 20.4. The Morgan fingerprint density at radius 2 is 1.12 bits per heavy atom. The van der Waals surface area contributed by atoms with Gasteiger partial charge >= 0.3 is 17.9 Å². The first-order valence-electron chi connectivity index (χ1n) is 15.1. The molecule has 0 aliphatic carbocycles. The van der Waals surface area contributed by atoms with Gasteiger partial charge in [0.1, 0.15) is 17.7 Å². The van der Waals surface area contributed by atoms with Gasteiger partial charge in [0.25, 0.3) is 0 Å². The van der Waals surface area contributed by atoms with Crippen LogP contribution in [0.25, 0.3) is 0 Å². The van der Waals surface area contributed by atoms with E-state index in [1.165, 1.54) is 13.8 Å². The lowest BCUT2D eigenvalue weighted by Gasteiger charge is -2.26. The number of ether oxygens (including phenoxy) is 3. The van der Waals surface area contributed by atoms with Crippen LogP contribution in [0.4, 0.5) is 0 Å². The smallest absolute Gasteiger partial charge is 0.328 e. The molecule has 0 saturated heterocycles. The molecule has 0 radical (unpaired) electrons. The molecular formula is C35H53NO7. The minimum Gasteiger partial charge on any atom is -0.468 e. The number of allylic oxidation sites excluding steroid dienone is 12. The van der Waals surface area contributed by atoms with E-state index < -0.39 is 41.6 Å². The summed E-state index contributed by atoms with van der Waals surface area (Å²) in [5.41, 5.74) is -0.836. The molecule has 0 heterocycles. The van der Waals surface area contributed by atoms with E-state index in [4.69, 9.17) is 9.47 Å². The largest absolute Gasteiger partial charge is 0.468 e. The highest BCUT2D eigenvalue weighted by atomic mass is 16.6. The fourth-order valence-electron chi connectivity index (χ4n) is 3.55. The Morgan fingerprint density at radius 1 is 0.674 bits per heavy atom. The summed E-state index contributed by atoms with van der Waals surface area (Å²) in [7, 11) is 1.13. The molecule has 0 saturated carbocycles. The number of rotatable bonds is 20. The SMILES string of the molecule is CC/C=C\C/C=C\C/C=C\C/C=C\C/C=C\C/C=C\CCC(=O)N[C@@H](C)C(=O)OC(C)C(C(=O)OC)C(=O)OC(C)(C)C. The van der Waals surface area contributed by atoms with Crippen molar-refractivity contribution in [3.8, 4) is 0 Å². The zero-order chi connectivity index (χ0) is 32.5. The van der Waals surface area contributed by atoms with E-state index in [1.807, 2.05) is 12.2 Å². The second kappa shape index (κ2) is 23.8. The number of esters is 3. The minimum atomic E-state index is -1.44. The molecule has 8 heteroatoms. The van der Waals surface area contributed by atoms with Crippen LogP contribution in [0.3, 0.4) is 0 Å². The monoisotopic (exact) mass is 599 g/mol. The third-order valence-electron chi connectivity index (χ3n) is 5.75. The highest BCUT2D eigenvalue weighted by Gasteiger charge is 2.39. The zero-order valence-corrected chi connectivity index (χ0v) is 27.2. The van der Waals surface area contributed by atoms with E-state index in [1.54, 1.807) is 20.8 Å². The van der Waals surface area contributed by atoms with Crippen LogP contribution in [0.15, 0.2) is 72.9 Å². The maximum atomic E-state index is 12.5. The van der Waals surface area contributed by atoms with Gasteiger partial charge < -0.3 is 19.5 Å². The van der Waals surface area contributed by atoms with Crippen LogP contribution in [0.1, 0.15) is 92.9 Å². The number of hydrogen-bond donors (Lipinski definition) is 1. The van der Waals surface area contributed by atoms with Crippen molar-refractivity contribution >= 4 is 23.8 Å². The molecular weight excluding hydrogens is 546 g/mol. The van der Waals surface area contributed by atoms with Crippen LogP contribution >= 0.6 is 0 Å². The van der Waals surface area contributed by atoms with Gasteiger partial charge in [0.15, 0.2) is 5.92 Å². The molecule has 0 aromatic carbocycles. The van der Waals surface area contributed by atoms with Crippen LogP contribution in [0.2, 0.25) is 0 Å². The summed E-state index contributed by atoms with van der Waals surface area (Å²) in [5, 5.41) is 2.58. The second-order valence-corrected chi connectivity index (χ2v) is 10.9. The molecule has 1 N–H and O–H groups in total. The van der Waals surface area contributed by atoms with Crippen molar-refractivity contribution in [2.45, 2.75) is 111 Å². The zero-order valence-electron chi connectivity index (χ0n) is 27.2. The lowest BCUT2D eigenvalue weighted by Crippen LogP contribution is -2.45. The summed E-state index contributed by atoms with van der Waals surface area (Å²) in [5.74, 6) is -4.25. The second-order valence-electron chi connectivity index (χ2n) is 10.9. The van der Waals surface area contributed by atoms with Crippen LogP contribution in [-0.4, -0.2) is 48.7 Å². The van der Waals surface area contributed by atoms with Gasteiger partial charge in [-0.3, -0.25) is 14.4 Å². The summed E-state index contributed by atoms with van der Waals surface area (Å²) in [4.78, 5) is 49.4. The Labute approximate surface area is 259 Å². The maximum absolute atomic E-state index is 12.5. The highest BCUT2D eigenvalue weighted by molar-refractivity contribution is 5.96. The molecule has 1 amide bonds. The van der Waals surface area contributed by atoms with E-state index in [2.05, 4.69) is 77.7 Å². The normalized spacial score (nSPS) is 14.7. The van der Waals surface area contributed by atoms with Crippen molar-refractivity contribution in [3.63, 3.8) is 0 Å². The summed E-state index contributed by atoms with van der Waals surface area (Å²) in [6.07, 6.45) is 30.7. The van der Waals surface area contributed by atoms with Crippen LogP contribution in [0.5, 0.6) is 0 Å². The number of hydrogen-bond acceptors (Lipinski definition) is 7. The molecule has 3 atom stereocenters. The maximum Gasteiger partial charge on any atom is 0.328 e. The van der Waals surface area contributed by atoms with Gasteiger partial charge in [0.2, 0.25) is 5.91 Å². The predicted octanol–water partition coefficient (Wildman–Crippen LogP) is 7.03. The molecule has 2 unspecified atom stereocenters. The van der Waals surface area contributed by atoms with Gasteiger partial charge in [-0.2, -0.15) is 0 Å². The molecule has 43 heavy (non-hydrogen) atoms. The standard InChI is InChI=1S/C35H53NO7/c1-8-9-10-11-12-13-14-15-16-17-18-19-20-21-22-23-24-25-26-27-30(37)36-28(2)32(38)42-29(3)31(33(39)41-7)34(40)43-35(4,5)6/h9-10,12-13,15-16,18-19,21-22,24-25,28-29,31H,8,11,14,17,20,23,26-27H2,1-7H3,(H,36,37)/b10-9-,13-12-,16-15-,19-18-,22-21-,25-24-/t28-,29?,31?/m0/s1. The number of methoxy groups -OCH3 is 1. The van der Waals surface area contributed by atoms with Crippen LogP contribution in [0, 0.1) is 5.92 Å². The molecule has 0 bridgehead atoms. The van der Waals surface area contributed by atoms with Crippen LogP contribution in [-0.2, 0) is 33.4 Å². The van der Waals surface area contributed by atoms with Crippen LogP contribution < -0.4 is 5.32 Å². The number of nitrogens with one attached hydrogen (secondary N) is 1. The Morgan fingerprint density at radius 3 is 1.53 bits per heavy atom. The van der Waals surface area contributed by atoms with E-state index >= 15 is 0 Å². The van der Waals surface area contributed by atoms with Crippen molar-refractivity contribution in [3.05, 3.63) is 72.9 Å². The first-order valence-corrected chi connectivity index (χ1v) is 15.1. The van der Waals surface area contributed by atoms with Crippen molar-refractivity contribution in [1.29, 1.82) is 0 Å². The average molecular weight is 600 g/mol. The number of carbonyl (C=O) groups is 4. The van der Waals surface area contributed by atoms with Gasteiger partial charge in [-0.1, -0.05) is 79.8 Å². The molecule has 8 nitrogen and oxygen atoms in total. The molecule has 0 aromatic rings. The predicted molar refractivity (Wildman–Crippen MR) is 172 cm³/mol. The van der Waals surface area contributed by atoms with Crippen molar-refractivity contribution in [2.24, 2.45) is 5.92 Å². The molecule has 0 rings (SSSR count). The Kier molecular flexibility index (Phi) is 21.8. The van der Waals surface area contributed by atoms with Crippen molar-refractivity contribution in [1.82, 2.24) is 5.32 Å². The lowest BCUT2D eigenvalue weighted by atomic mass is 10.0. The highest BCUT2D eigenvalue weighted by Crippen LogP contribution is 2.18. The van der Waals surface area contributed by atoms with E-state index in [0.717, 1.165) is 45.6 Å². The average Bonchev–Trinajstić information content (AvgIpc) is 2.93. The summed E-state index contributed by atoms with van der Waals surface area (Å²) in [6.45, 7) is 10.00. The Hall–Kier alpha value is -3.68. The van der Waals surface area contributed by atoms with Gasteiger partial charge in [-0.15, -0.1) is 0 Å². The summed E-state index contributed by atoms with van der Waals surface area (Å²) >= 11 is 0. The first kappa shape index (κ1) is 39.3. The minimum absolute atomic E-state index is 0.206. The fourth-order valence-corrected chi connectivity index (χ4v) is 3.55. The topological polar surface area (TPSA) is 108 Å². The molecule has 0 aliphatic rings. The third kappa shape index (κ3) is 21.7. The molecule has 0 fully saturated rings. The molecule has 240 valence electrons.